The summed E-state index contributed by atoms with van der Waals surface area (Å²) in [6, 6.07) is -0.144. The van der Waals surface area contributed by atoms with Gasteiger partial charge in [-0.25, -0.2) is 4.79 Å². The van der Waals surface area contributed by atoms with E-state index < -0.39 is 0 Å². The lowest BCUT2D eigenvalue weighted by molar-refractivity contribution is -0.490. The van der Waals surface area contributed by atoms with Gasteiger partial charge in [0.15, 0.2) is 0 Å². The minimum Gasteiger partial charge on any atom is -0.395 e. The molecule has 0 spiro atoms. The zero-order valence-corrected chi connectivity index (χ0v) is 3.69. The first-order valence-electron chi connectivity index (χ1n) is 1.65. The molecule has 0 aromatic carbocycles. The number of hydrogen-bond donors (Lipinski definition) is 2. The fourth-order valence-corrected chi connectivity index (χ4v) is 0.102. The molecule has 3 N–H and O–H groups in total. The van der Waals surface area contributed by atoms with E-state index >= 15 is 0 Å². The molecule has 0 radical (unpaired) electrons. The van der Waals surface area contributed by atoms with Crippen LogP contribution in [0.2, 0.25) is 0 Å². The molecule has 0 rings (SSSR count). The van der Waals surface area contributed by atoms with Crippen molar-refractivity contribution in [1.82, 2.24) is 5.32 Å². The van der Waals surface area contributed by atoms with E-state index in [0.717, 1.165) is 0 Å². The van der Waals surface area contributed by atoms with Gasteiger partial charge in [0.25, 0.3) is 0 Å². The summed E-state index contributed by atoms with van der Waals surface area (Å²) in [6.45, 7) is 0. The Kier molecular flexibility index (Phi) is 2.40. The van der Waals surface area contributed by atoms with Gasteiger partial charge in [0.05, 0.1) is 0 Å². The van der Waals surface area contributed by atoms with Crippen LogP contribution in [0.1, 0.15) is 0 Å². The molecule has 0 aromatic rings. The minimum absolute atomic E-state index is 0.144. The van der Waals surface area contributed by atoms with Crippen molar-refractivity contribution < 1.29 is 10.1 Å². The van der Waals surface area contributed by atoms with Crippen LogP contribution in [0.4, 0.5) is 4.79 Å². The van der Waals surface area contributed by atoms with Crippen LogP contribution in [0.3, 0.4) is 0 Å². The minimum atomic E-state index is -0.144. The maximum Gasteiger partial charge on any atom is 0.386 e. The predicted molar refractivity (Wildman–Crippen MR) is 21.7 cm³/mol. The normalized spacial score (nSPS) is 7.67. The Balaban J connectivity index is 2.99. The number of nitrogens with two attached hydrogens (primary N) is 1. The van der Waals surface area contributed by atoms with E-state index in [0.29, 0.717) is 0 Å². The number of primary amides is 1. The van der Waals surface area contributed by atoms with E-state index in [1.165, 1.54) is 5.32 Å². The second kappa shape index (κ2) is 2.66. The summed E-state index contributed by atoms with van der Waals surface area (Å²) in [6.07, 6.45) is 0. The van der Waals surface area contributed by atoms with E-state index in [1.54, 1.807) is 7.05 Å². The first-order chi connectivity index (χ1) is 2.81. The van der Waals surface area contributed by atoms with Crippen molar-refractivity contribution in [3.05, 3.63) is 7.05 Å². The third-order valence-electron chi connectivity index (χ3n) is 0.432. The summed E-state index contributed by atoms with van der Waals surface area (Å²) in [4.78, 5) is 9.95. The number of quaternary nitrogens is 1. The van der Waals surface area contributed by atoms with Gasteiger partial charge in [-0.2, -0.15) is 0 Å². The highest BCUT2D eigenvalue weighted by Crippen LogP contribution is 1.37. The number of carbonyl (C=O) groups excluding carboxylic acids is 1. The van der Waals surface area contributed by atoms with E-state index in [9.17, 15) is 4.79 Å². The highest BCUT2D eigenvalue weighted by atomic mass is 16.2. The molecule has 0 fully saturated rings. The molecule has 0 saturated carbocycles. The first-order valence-corrected chi connectivity index (χ1v) is 1.65. The lowest BCUT2D eigenvalue weighted by Crippen LogP contribution is -2.84. The second-order valence-electron chi connectivity index (χ2n) is 0.818. The van der Waals surface area contributed by atoms with Crippen LogP contribution < -0.4 is 10.6 Å². The van der Waals surface area contributed by atoms with Crippen molar-refractivity contribution in [2.75, 3.05) is 7.05 Å². The number of nitrogens with one attached hydrogen (secondary N) is 1. The molecular formula is C3H8N2O. The number of hydrogen-bond acceptors (Lipinski definition) is 1. The van der Waals surface area contributed by atoms with Crippen molar-refractivity contribution >= 4 is 6.03 Å². The number of carbonyl (C=O) groups is 1. The Morgan fingerprint density at radius 2 is 2.50 bits per heavy atom. The Labute approximate surface area is 36.7 Å². The van der Waals surface area contributed by atoms with Crippen LogP contribution in [0, 0.1) is 7.05 Å². The van der Waals surface area contributed by atoms with Crippen molar-refractivity contribution in [3.8, 4) is 0 Å². The summed E-state index contributed by atoms with van der Waals surface area (Å²) >= 11 is 0. The van der Waals surface area contributed by atoms with Gasteiger partial charge < -0.3 is 10.6 Å². The summed E-state index contributed by atoms with van der Waals surface area (Å²) in [5, 5.41) is 3.58. The topological polar surface area (TPSA) is 45.7 Å². The molecule has 3 nitrogen and oxygen atoms in total. The molecule has 0 aliphatic rings. The Bertz CT molecular complexity index is 46.8. The number of urea groups is 1. The summed E-state index contributed by atoms with van der Waals surface area (Å²) < 4.78 is 0. The van der Waals surface area contributed by atoms with Crippen molar-refractivity contribution in [2.45, 2.75) is 0 Å². The molecule has 0 unspecified atom stereocenters. The van der Waals surface area contributed by atoms with Gasteiger partial charge in [-0.3, -0.25) is 0 Å². The molecule has 3 heteroatoms. The van der Waals surface area contributed by atoms with Crippen molar-refractivity contribution in [2.24, 2.45) is 0 Å². The second-order valence-corrected chi connectivity index (χ2v) is 0.818. The first kappa shape index (κ1) is 5.43. The Hall–Kier alpha value is -0.570. The molecular weight excluding hydrogens is 80.0 g/mol. The van der Waals surface area contributed by atoms with Gasteiger partial charge >= 0.3 is 6.03 Å². The molecule has 0 bridgehead atoms. The van der Waals surface area contributed by atoms with Crippen LogP contribution in [0.5, 0.6) is 0 Å². The van der Waals surface area contributed by atoms with Crippen LogP contribution in [-0.4, -0.2) is 13.1 Å². The third kappa shape index (κ3) is 1.72. The van der Waals surface area contributed by atoms with Crippen LogP contribution in [0.15, 0.2) is 0 Å². The molecule has 0 atom stereocenters. The van der Waals surface area contributed by atoms with Gasteiger partial charge in [-0.15, -0.1) is 7.05 Å². The molecule has 2 amide bonds. The zero-order chi connectivity index (χ0) is 4.99. The summed E-state index contributed by atoms with van der Waals surface area (Å²) in [5.74, 6) is 0. The third-order valence-corrected chi connectivity index (χ3v) is 0.432. The van der Waals surface area contributed by atoms with Crippen LogP contribution in [0.25, 0.3) is 0 Å². The van der Waals surface area contributed by atoms with Gasteiger partial charge in [-0.1, -0.05) is 0 Å². The lowest BCUT2D eigenvalue weighted by atomic mass is 11.0. The van der Waals surface area contributed by atoms with Crippen molar-refractivity contribution in [1.29, 1.82) is 0 Å². The standard InChI is InChI=1S/C3H8N2O/c1-4-3(6)5-2/h1,4H2,2H3,(H,5,6). The molecule has 0 heterocycles. The van der Waals surface area contributed by atoms with Gasteiger partial charge in [0, 0.05) is 7.05 Å². The number of rotatable bonds is 0. The smallest absolute Gasteiger partial charge is 0.386 e. The predicted octanol–water partition coefficient (Wildman–Crippen LogP) is -1.32. The largest absolute Gasteiger partial charge is 0.395 e. The Morgan fingerprint density at radius 3 is 2.50 bits per heavy atom. The SMILES string of the molecule is [CH2-][NH2+]C(=O)NC. The van der Waals surface area contributed by atoms with Crippen molar-refractivity contribution in [3.63, 3.8) is 0 Å². The molecule has 0 saturated heterocycles. The quantitative estimate of drug-likeness (QED) is 0.354. The summed E-state index contributed by atoms with van der Waals surface area (Å²) in [7, 11) is 4.78. The lowest BCUT2D eigenvalue weighted by Gasteiger charge is -1.90. The monoisotopic (exact) mass is 88.1 g/mol. The fourth-order valence-electron chi connectivity index (χ4n) is 0.102. The van der Waals surface area contributed by atoms with Gasteiger partial charge in [0.1, 0.15) is 0 Å². The summed E-state index contributed by atoms with van der Waals surface area (Å²) in [5.41, 5.74) is 0. The molecule has 6 heavy (non-hydrogen) atoms. The maximum absolute atomic E-state index is 9.95. The van der Waals surface area contributed by atoms with Gasteiger partial charge in [0.2, 0.25) is 0 Å². The van der Waals surface area contributed by atoms with E-state index in [1.807, 2.05) is 0 Å². The van der Waals surface area contributed by atoms with Crippen LogP contribution >= 0.6 is 0 Å². The molecule has 0 aliphatic carbocycles. The Morgan fingerprint density at radius 1 is 2.00 bits per heavy atom. The average Bonchev–Trinajstić information content (AvgIpc) is 1.65. The van der Waals surface area contributed by atoms with E-state index in [-0.39, 0.29) is 6.03 Å². The highest BCUT2D eigenvalue weighted by molar-refractivity contribution is 5.62. The maximum atomic E-state index is 9.95. The van der Waals surface area contributed by atoms with E-state index in [4.69, 9.17) is 0 Å². The zero-order valence-electron chi connectivity index (χ0n) is 3.69. The fraction of sp³-hybridized carbons (Fsp3) is 0.333. The van der Waals surface area contributed by atoms with Gasteiger partial charge in [-0.05, 0) is 0 Å². The van der Waals surface area contributed by atoms with E-state index in [2.05, 4.69) is 12.4 Å². The highest BCUT2D eigenvalue weighted by Gasteiger charge is 1.84. The molecule has 36 valence electrons. The number of amides is 2. The van der Waals surface area contributed by atoms with Crippen LogP contribution in [-0.2, 0) is 0 Å². The molecule has 0 aliphatic heterocycles. The molecule has 0 aromatic heterocycles. The average molecular weight is 88.1 g/mol.